The van der Waals surface area contributed by atoms with Gasteiger partial charge in [-0.15, -0.1) is 0 Å². The standard InChI is InChI=1S/C10H20O4S/c1-7(2)9(10(11)12)15(13)6-5-14-8(3)4/h7-9H,5-6H2,1-4H3,(H,11,12). The summed E-state index contributed by atoms with van der Waals surface area (Å²) in [5.41, 5.74) is 0. The zero-order valence-electron chi connectivity index (χ0n) is 9.73. The molecular weight excluding hydrogens is 216 g/mol. The topological polar surface area (TPSA) is 63.6 Å². The summed E-state index contributed by atoms with van der Waals surface area (Å²) in [6.45, 7) is 7.65. The lowest BCUT2D eigenvalue weighted by Crippen LogP contribution is -2.33. The summed E-state index contributed by atoms with van der Waals surface area (Å²) in [4.78, 5) is 10.8. The number of carbonyl (C=O) groups is 1. The van der Waals surface area contributed by atoms with E-state index in [0.717, 1.165) is 0 Å². The molecule has 0 aromatic heterocycles. The molecule has 0 radical (unpaired) electrons. The first kappa shape index (κ1) is 14.6. The second kappa shape index (κ2) is 6.95. The highest BCUT2D eigenvalue weighted by Gasteiger charge is 2.27. The normalized spacial score (nSPS) is 15.6. The molecule has 90 valence electrons. The SMILES string of the molecule is CC(C)OCCS(=O)C(C(=O)O)C(C)C. The number of hydrogen-bond acceptors (Lipinski definition) is 3. The summed E-state index contributed by atoms with van der Waals surface area (Å²) in [7, 11) is -1.36. The number of aliphatic carboxylic acids is 1. The summed E-state index contributed by atoms with van der Waals surface area (Å²) in [6, 6.07) is 0. The Morgan fingerprint density at radius 1 is 1.33 bits per heavy atom. The quantitative estimate of drug-likeness (QED) is 0.723. The minimum absolute atomic E-state index is 0.0873. The molecule has 15 heavy (non-hydrogen) atoms. The Morgan fingerprint density at radius 2 is 1.87 bits per heavy atom. The lowest BCUT2D eigenvalue weighted by Gasteiger charge is -2.16. The van der Waals surface area contributed by atoms with Crippen LogP contribution < -0.4 is 0 Å². The van der Waals surface area contributed by atoms with Gasteiger partial charge in [-0.3, -0.25) is 9.00 Å². The molecule has 4 nitrogen and oxygen atoms in total. The van der Waals surface area contributed by atoms with Crippen LogP contribution in [-0.2, 0) is 20.3 Å². The number of carboxylic acid groups (broad SMARTS) is 1. The molecule has 2 unspecified atom stereocenters. The number of hydrogen-bond donors (Lipinski definition) is 1. The first-order valence-corrected chi connectivity index (χ1v) is 6.46. The predicted molar refractivity (Wildman–Crippen MR) is 60.4 cm³/mol. The zero-order valence-corrected chi connectivity index (χ0v) is 10.5. The second-order valence-corrected chi connectivity index (χ2v) is 5.68. The molecule has 0 heterocycles. The van der Waals surface area contributed by atoms with Crippen LogP contribution in [0.5, 0.6) is 0 Å². The third-order valence-electron chi connectivity index (χ3n) is 1.87. The van der Waals surface area contributed by atoms with Gasteiger partial charge in [0, 0.05) is 16.6 Å². The molecule has 0 aliphatic carbocycles. The van der Waals surface area contributed by atoms with Crippen molar-refractivity contribution < 1.29 is 18.8 Å². The van der Waals surface area contributed by atoms with Gasteiger partial charge in [-0.2, -0.15) is 0 Å². The van der Waals surface area contributed by atoms with Crippen LogP contribution in [-0.4, -0.2) is 39.0 Å². The molecule has 5 heteroatoms. The number of carboxylic acids is 1. The first-order chi connectivity index (χ1) is 6.86. The van der Waals surface area contributed by atoms with E-state index in [0.29, 0.717) is 6.61 Å². The molecule has 0 amide bonds. The highest BCUT2D eigenvalue weighted by atomic mass is 32.2. The molecule has 0 aliphatic rings. The fraction of sp³-hybridized carbons (Fsp3) is 0.900. The summed E-state index contributed by atoms with van der Waals surface area (Å²) in [6.07, 6.45) is 0.0873. The number of ether oxygens (including phenoxy) is 1. The van der Waals surface area contributed by atoms with Crippen molar-refractivity contribution in [1.29, 1.82) is 0 Å². The van der Waals surface area contributed by atoms with Gasteiger partial charge in [-0.1, -0.05) is 13.8 Å². The fourth-order valence-electron chi connectivity index (χ4n) is 1.19. The Kier molecular flexibility index (Phi) is 6.76. The lowest BCUT2D eigenvalue weighted by molar-refractivity contribution is -0.137. The smallest absolute Gasteiger partial charge is 0.319 e. The minimum atomic E-state index is -1.36. The summed E-state index contributed by atoms with van der Waals surface area (Å²) >= 11 is 0. The van der Waals surface area contributed by atoms with E-state index in [1.54, 1.807) is 13.8 Å². The lowest BCUT2D eigenvalue weighted by atomic mass is 10.1. The van der Waals surface area contributed by atoms with Crippen LogP contribution in [0, 0.1) is 5.92 Å². The third kappa shape index (κ3) is 5.89. The summed E-state index contributed by atoms with van der Waals surface area (Å²) < 4.78 is 16.9. The van der Waals surface area contributed by atoms with Crippen molar-refractivity contribution >= 4 is 16.8 Å². The van der Waals surface area contributed by atoms with E-state index < -0.39 is 22.0 Å². The van der Waals surface area contributed by atoms with Crippen LogP contribution >= 0.6 is 0 Å². The van der Waals surface area contributed by atoms with Crippen molar-refractivity contribution in [3.8, 4) is 0 Å². The molecule has 0 rings (SSSR count). The van der Waals surface area contributed by atoms with Crippen LogP contribution in [0.3, 0.4) is 0 Å². The van der Waals surface area contributed by atoms with E-state index in [-0.39, 0.29) is 17.8 Å². The average Bonchev–Trinajstić information content (AvgIpc) is 2.01. The van der Waals surface area contributed by atoms with E-state index in [4.69, 9.17) is 9.84 Å². The Labute approximate surface area is 93.5 Å². The van der Waals surface area contributed by atoms with Gasteiger partial charge >= 0.3 is 5.97 Å². The zero-order chi connectivity index (χ0) is 12.0. The highest BCUT2D eigenvalue weighted by Crippen LogP contribution is 2.10. The molecule has 0 aliphatic heterocycles. The van der Waals surface area contributed by atoms with E-state index in [2.05, 4.69) is 0 Å². The van der Waals surface area contributed by atoms with E-state index in [1.807, 2.05) is 13.8 Å². The van der Waals surface area contributed by atoms with Crippen LogP contribution in [0.15, 0.2) is 0 Å². The van der Waals surface area contributed by atoms with Crippen LogP contribution in [0.1, 0.15) is 27.7 Å². The van der Waals surface area contributed by atoms with Crippen molar-refractivity contribution in [3.05, 3.63) is 0 Å². The van der Waals surface area contributed by atoms with Crippen LogP contribution in [0.25, 0.3) is 0 Å². The molecule has 0 bridgehead atoms. The minimum Gasteiger partial charge on any atom is -0.480 e. The van der Waals surface area contributed by atoms with E-state index in [1.165, 1.54) is 0 Å². The van der Waals surface area contributed by atoms with Gasteiger partial charge in [0.1, 0.15) is 5.25 Å². The molecule has 0 saturated carbocycles. The van der Waals surface area contributed by atoms with Gasteiger partial charge in [0.15, 0.2) is 0 Å². The van der Waals surface area contributed by atoms with Crippen LogP contribution in [0.4, 0.5) is 0 Å². The van der Waals surface area contributed by atoms with Crippen molar-refractivity contribution in [2.75, 3.05) is 12.4 Å². The fourth-order valence-corrected chi connectivity index (χ4v) is 2.54. The van der Waals surface area contributed by atoms with E-state index >= 15 is 0 Å². The van der Waals surface area contributed by atoms with Gasteiger partial charge < -0.3 is 9.84 Å². The van der Waals surface area contributed by atoms with Crippen molar-refractivity contribution in [1.82, 2.24) is 0 Å². The molecule has 0 spiro atoms. The Balaban J connectivity index is 4.10. The Bertz CT molecular complexity index is 225. The Morgan fingerprint density at radius 3 is 2.20 bits per heavy atom. The Hall–Kier alpha value is -0.420. The molecule has 0 aromatic carbocycles. The van der Waals surface area contributed by atoms with Gasteiger partial charge in [-0.05, 0) is 19.8 Å². The van der Waals surface area contributed by atoms with Crippen LogP contribution in [0.2, 0.25) is 0 Å². The molecule has 0 aromatic rings. The van der Waals surface area contributed by atoms with Gasteiger partial charge in [0.25, 0.3) is 0 Å². The molecular formula is C10H20O4S. The summed E-state index contributed by atoms with van der Waals surface area (Å²) in [5, 5.41) is 8.10. The predicted octanol–water partition coefficient (Wildman–Crippen LogP) is 1.27. The van der Waals surface area contributed by atoms with Crippen molar-refractivity contribution in [2.24, 2.45) is 5.92 Å². The van der Waals surface area contributed by atoms with Gasteiger partial charge in [0.05, 0.1) is 12.7 Å². The average molecular weight is 236 g/mol. The van der Waals surface area contributed by atoms with Gasteiger partial charge in [-0.25, -0.2) is 0 Å². The molecule has 0 saturated heterocycles. The maximum absolute atomic E-state index is 11.7. The highest BCUT2D eigenvalue weighted by molar-refractivity contribution is 7.86. The first-order valence-electron chi connectivity index (χ1n) is 5.07. The third-order valence-corrected chi connectivity index (χ3v) is 3.75. The largest absolute Gasteiger partial charge is 0.480 e. The molecule has 2 atom stereocenters. The monoisotopic (exact) mass is 236 g/mol. The van der Waals surface area contributed by atoms with Crippen molar-refractivity contribution in [2.45, 2.75) is 39.0 Å². The molecule has 0 fully saturated rings. The maximum atomic E-state index is 11.7. The number of rotatable bonds is 7. The second-order valence-electron chi connectivity index (χ2n) is 4.01. The van der Waals surface area contributed by atoms with Gasteiger partial charge in [0.2, 0.25) is 0 Å². The van der Waals surface area contributed by atoms with Crippen molar-refractivity contribution in [3.63, 3.8) is 0 Å². The maximum Gasteiger partial charge on any atom is 0.319 e. The van der Waals surface area contributed by atoms with E-state index in [9.17, 15) is 9.00 Å². The summed E-state index contributed by atoms with van der Waals surface area (Å²) in [5.74, 6) is -0.830. The molecule has 1 N–H and O–H groups in total.